The fraction of sp³-hybridized carbons (Fsp3) is 0.812. The van der Waals surface area contributed by atoms with Gasteiger partial charge in [-0.25, -0.2) is 4.79 Å². The number of nitrogens with two attached hydrogens (primary N) is 1. The molecule has 2 rings (SSSR count). The maximum Gasteiger partial charge on any atom is 0.316 e. The van der Waals surface area contributed by atoms with Crippen molar-refractivity contribution in [2.45, 2.75) is 132 Å². The number of carbonyl (C=O) groups excluding carboxylic acids is 6. The zero-order valence-corrected chi connectivity index (χ0v) is 28.3. The van der Waals surface area contributed by atoms with Gasteiger partial charge >= 0.3 is 6.03 Å². The largest absolute Gasteiger partial charge is 0.363 e. The van der Waals surface area contributed by atoms with Gasteiger partial charge in [0.25, 0.3) is 5.91 Å². The van der Waals surface area contributed by atoms with Crippen LogP contribution in [-0.2, 0) is 24.0 Å². The predicted molar refractivity (Wildman–Crippen MR) is 168 cm³/mol. The first-order valence-electron chi connectivity index (χ1n) is 16.0. The molecular formula is C32H56N6O6. The van der Waals surface area contributed by atoms with Gasteiger partial charge in [-0.1, -0.05) is 81.1 Å². The maximum absolute atomic E-state index is 14.3. The molecule has 1 unspecified atom stereocenters. The molecular weight excluding hydrogens is 564 g/mol. The number of nitrogens with zero attached hydrogens (tertiary/aromatic N) is 1. The van der Waals surface area contributed by atoms with Crippen LogP contribution in [0.3, 0.4) is 0 Å². The van der Waals surface area contributed by atoms with E-state index in [-0.39, 0.29) is 29.7 Å². The molecule has 0 spiro atoms. The van der Waals surface area contributed by atoms with Crippen LogP contribution in [0.4, 0.5) is 4.79 Å². The van der Waals surface area contributed by atoms with Crippen LogP contribution in [0.2, 0.25) is 0 Å². The fourth-order valence-corrected chi connectivity index (χ4v) is 6.05. The van der Waals surface area contributed by atoms with Gasteiger partial charge in [0.15, 0.2) is 0 Å². The fourth-order valence-electron chi connectivity index (χ4n) is 6.05. The van der Waals surface area contributed by atoms with Gasteiger partial charge in [-0.3, -0.25) is 24.0 Å². The summed E-state index contributed by atoms with van der Waals surface area (Å²) in [5.41, 5.74) is 3.93. The van der Waals surface area contributed by atoms with Gasteiger partial charge in [-0.2, -0.15) is 0 Å². The summed E-state index contributed by atoms with van der Waals surface area (Å²) in [6, 6.07) is -4.64. The Morgan fingerprint density at radius 2 is 1.36 bits per heavy atom. The summed E-state index contributed by atoms with van der Waals surface area (Å²) in [5.74, 6) is -3.14. The number of carbonyl (C=O) groups is 6. The molecule has 1 saturated heterocycles. The first kappa shape index (κ1) is 37.0. The summed E-state index contributed by atoms with van der Waals surface area (Å²) in [6.45, 7) is 18.9. The molecule has 1 aliphatic carbocycles. The topological polar surface area (TPSA) is 180 Å². The van der Waals surface area contributed by atoms with Crippen molar-refractivity contribution in [1.29, 1.82) is 0 Å². The highest BCUT2D eigenvalue weighted by atomic mass is 16.2. The van der Waals surface area contributed by atoms with E-state index >= 15 is 0 Å². The molecule has 6 atom stereocenters. The van der Waals surface area contributed by atoms with Crippen LogP contribution in [0.5, 0.6) is 0 Å². The van der Waals surface area contributed by atoms with Crippen molar-refractivity contribution in [3.05, 3.63) is 0 Å². The highest BCUT2D eigenvalue weighted by molar-refractivity contribution is 6.37. The number of amides is 6. The van der Waals surface area contributed by atoms with E-state index in [1.807, 2.05) is 69.2 Å². The highest BCUT2D eigenvalue weighted by Gasteiger charge is 2.50. The van der Waals surface area contributed by atoms with Crippen LogP contribution >= 0.6 is 0 Å². The zero-order valence-electron chi connectivity index (χ0n) is 28.3. The van der Waals surface area contributed by atoms with Crippen LogP contribution in [0.15, 0.2) is 0 Å². The Morgan fingerprint density at radius 3 is 1.80 bits per heavy atom. The van der Waals surface area contributed by atoms with Gasteiger partial charge in [-0.15, -0.1) is 0 Å². The van der Waals surface area contributed by atoms with E-state index in [2.05, 4.69) is 21.3 Å². The van der Waals surface area contributed by atoms with Crippen LogP contribution in [0, 0.1) is 28.6 Å². The van der Waals surface area contributed by atoms with Crippen molar-refractivity contribution in [3.63, 3.8) is 0 Å². The summed E-state index contributed by atoms with van der Waals surface area (Å²) in [6.07, 6.45) is 3.50. The third-order valence-corrected chi connectivity index (χ3v) is 8.69. The standard InChI is InChI=1S/C32H56N6O6/c1-11-19-16-38(22(20(19)12-2)27(41)35-21(15-18-13-14-18)23(39)26(33)40)29(43)25(32(8,9)10)37-30(44)36-24(31(5,6)7)28(42)34-17(3)4/h17-22,24-25H,11-16H2,1-10H3,(H2,33,40)(H,34,42)(H,35,41)(H2,36,37,44)/t19-,20-,21?,22-,24+,25+/m0/s1. The van der Waals surface area contributed by atoms with E-state index in [0.29, 0.717) is 19.4 Å². The van der Waals surface area contributed by atoms with Crippen molar-refractivity contribution >= 4 is 35.4 Å². The summed E-state index contributed by atoms with van der Waals surface area (Å²) in [5, 5.41) is 11.2. The van der Waals surface area contributed by atoms with Crippen molar-refractivity contribution in [2.24, 2.45) is 34.3 Å². The summed E-state index contributed by atoms with van der Waals surface area (Å²) in [7, 11) is 0. The molecule has 44 heavy (non-hydrogen) atoms. The van der Waals surface area contributed by atoms with Crippen molar-refractivity contribution in [3.8, 4) is 0 Å². The molecule has 1 aliphatic heterocycles. The number of rotatable bonds is 13. The normalized spacial score (nSPS) is 22.5. The smallest absolute Gasteiger partial charge is 0.316 e. The Balaban J connectivity index is 2.38. The Labute approximate surface area is 262 Å². The molecule has 1 heterocycles. The third-order valence-electron chi connectivity index (χ3n) is 8.69. The SMILES string of the molecule is CC[C@H]1CN(C(=O)[C@@H](NC(=O)N[C@H](C(=O)NC(C)C)C(C)(C)C)C(C)(C)C)[C@H](C(=O)NC(CC2CC2)C(=O)C(N)=O)[C@H]1CC. The van der Waals surface area contributed by atoms with E-state index in [1.165, 1.54) is 4.90 Å². The Morgan fingerprint density at radius 1 is 0.818 bits per heavy atom. The first-order valence-corrected chi connectivity index (χ1v) is 16.0. The van der Waals surface area contributed by atoms with Crippen LogP contribution < -0.4 is 27.0 Å². The minimum Gasteiger partial charge on any atom is -0.363 e. The lowest BCUT2D eigenvalue weighted by Crippen LogP contribution is -2.63. The molecule has 1 saturated carbocycles. The summed E-state index contributed by atoms with van der Waals surface area (Å²) >= 11 is 0. The lowest BCUT2D eigenvalue weighted by Gasteiger charge is -2.37. The predicted octanol–water partition coefficient (Wildman–Crippen LogP) is 2.24. The number of Topliss-reactive ketones (excluding diaryl/α,β-unsaturated/α-hetero) is 1. The molecule has 0 aromatic heterocycles. The number of primary amides is 1. The minimum atomic E-state index is -1.10. The average molecular weight is 621 g/mol. The van der Waals surface area contributed by atoms with Gasteiger partial charge in [0.2, 0.25) is 23.5 Å². The maximum atomic E-state index is 14.3. The van der Waals surface area contributed by atoms with E-state index in [4.69, 9.17) is 5.73 Å². The lowest BCUT2D eigenvalue weighted by atomic mass is 9.84. The van der Waals surface area contributed by atoms with Gasteiger partial charge < -0.3 is 31.9 Å². The van der Waals surface area contributed by atoms with Gasteiger partial charge in [0.05, 0.1) is 6.04 Å². The second kappa shape index (κ2) is 14.7. The molecule has 12 nitrogen and oxygen atoms in total. The monoisotopic (exact) mass is 620 g/mol. The van der Waals surface area contributed by atoms with E-state index in [0.717, 1.165) is 19.3 Å². The Bertz CT molecular complexity index is 1090. The molecule has 250 valence electrons. The first-order chi connectivity index (χ1) is 20.2. The van der Waals surface area contributed by atoms with Crippen molar-refractivity contribution < 1.29 is 28.8 Å². The van der Waals surface area contributed by atoms with Crippen LogP contribution in [0.1, 0.15) is 101 Å². The molecule has 6 N–H and O–H groups in total. The molecule has 0 radical (unpaired) electrons. The molecule has 6 amide bonds. The molecule has 0 aromatic rings. The van der Waals surface area contributed by atoms with Crippen LogP contribution in [-0.4, -0.2) is 77.1 Å². The van der Waals surface area contributed by atoms with Crippen molar-refractivity contribution in [1.82, 2.24) is 26.2 Å². The molecule has 0 aromatic carbocycles. The number of ketones is 1. The van der Waals surface area contributed by atoms with E-state index in [9.17, 15) is 28.8 Å². The van der Waals surface area contributed by atoms with E-state index in [1.54, 1.807) is 0 Å². The average Bonchev–Trinajstić information content (AvgIpc) is 3.63. The number of hydrogen-bond donors (Lipinski definition) is 5. The van der Waals surface area contributed by atoms with Gasteiger partial charge in [0, 0.05) is 12.6 Å². The molecule has 0 bridgehead atoms. The number of urea groups is 1. The Kier molecular flexibility index (Phi) is 12.4. The van der Waals surface area contributed by atoms with Crippen LogP contribution in [0.25, 0.3) is 0 Å². The highest BCUT2D eigenvalue weighted by Crippen LogP contribution is 2.37. The second-order valence-electron chi connectivity index (χ2n) is 15.0. The van der Waals surface area contributed by atoms with Crippen molar-refractivity contribution in [2.75, 3.05) is 6.54 Å². The summed E-state index contributed by atoms with van der Waals surface area (Å²) in [4.78, 5) is 80.4. The van der Waals surface area contributed by atoms with Gasteiger partial charge in [-0.05, 0) is 48.9 Å². The Hall–Kier alpha value is -3.18. The number of hydrogen-bond acceptors (Lipinski definition) is 6. The van der Waals surface area contributed by atoms with Gasteiger partial charge in [0.1, 0.15) is 18.1 Å². The quantitative estimate of drug-likeness (QED) is 0.197. The number of likely N-dealkylation sites (tertiary alicyclic amines) is 1. The molecule has 2 fully saturated rings. The van der Waals surface area contributed by atoms with E-state index < -0.39 is 64.5 Å². The lowest BCUT2D eigenvalue weighted by molar-refractivity contribution is -0.144. The number of nitrogens with one attached hydrogen (secondary N) is 4. The summed E-state index contributed by atoms with van der Waals surface area (Å²) < 4.78 is 0. The zero-order chi connectivity index (χ0) is 33.7. The molecule has 2 aliphatic rings. The molecule has 12 heteroatoms. The third kappa shape index (κ3) is 9.66. The minimum absolute atomic E-state index is 0.0212. The second-order valence-corrected chi connectivity index (χ2v) is 15.0.